The lowest BCUT2D eigenvalue weighted by molar-refractivity contribution is -0.141. The molecule has 2 atom stereocenters. The SMILES string of the molecule is CCOCC(=O)NC(C)CCCC(C)C(=O)O. The average Bonchev–Trinajstić information content (AvgIpc) is 2.25. The number of hydrogen-bond donors (Lipinski definition) is 2. The fourth-order valence-electron chi connectivity index (χ4n) is 1.44. The number of rotatable bonds is 9. The predicted octanol–water partition coefficient (Wildman–Crippen LogP) is 1.42. The molecule has 2 N–H and O–H groups in total. The summed E-state index contributed by atoms with van der Waals surface area (Å²) in [6, 6.07) is 0.0592. The molecule has 0 aromatic rings. The van der Waals surface area contributed by atoms with Crippen LogP contribution in [0.4, 0.5) is 0 Å². The highest BCUT2D eigenvalue weighted by Crippen LogP contribution is 2.09. The van der Waals surface area contributed by atoms with Crippen LogP contribution in [0.25, 0.3) is 0 Å². The number of carbonyl (C=O) groups excluding carboxylic acids is 1. The molecule has 0 aromatic carbocycles. The van der Waals surface area contributed by atoms with Gasteiger partial charge >= 0.3 is 5.97 Å². The minimum absolute atomic E-state index is 0.0592. The minimum Gasteiger partial charge on any atom is -0.481 e. The van der Waals surface area contributed by atoms with E-state index in [0.717, 1.165) is 12.8 Å². The molecule has 5 nitrogen and oxygen atoms in total. The van der Waals surface area contributed by atoms with Gasteiger partial charge in [0.25, 0.3) is 0 Å². The molecule has 5 heteroatoms. The van der Waals surface area contributed by atoms with Gasteiger partial charge < -0.3 is 15.2 Å². The van der Waals surface area contributed by atoms with Crippen molar-refractivity contribution in [2.75, 3.05) is 13.2 Å². The molecule has 100 valence electrons. The van der Waals surface area contributed by atoms with Gasteiger partial charge in [0.2, 0.25) is 5.91 Å². The van der Waals surface area contributed by atoms with Crippen molar-refractivity contribution < 1.29 is 19.4 Å². The van der Waals surface area contributed by atoms with Crippen LogP contribution >= 0.6 is 0 Å². The van der Waals surface area contributed by atoms with Crippen molar-refractivity contribution >= 4 is 11.9 Å². The second kappa shape index (κ2) is 8.98. The topological polar surface area (TPSA) is 75.6 Å². The van der Waals surface area contributed by atoms with Crippen LogP contribution < -0.4 is 5.32 Å². The van der Waals surface area contributed by atoms with Crippen molar-refractivity contribution in [1.82, 2.24) is 5.32 Å². The van der Waals surface area contributed by atoms with Crippen molar-refractivity contribution in [2.45, 2.75) is 46.1 Å². The standard InChI is InChI=1S/C12H23NO4/c1-4-17-8-11(14)13-10(3)7-5-6-9(2)12(15)16/h9-10H,4-8H2,1-3H3,(H,13,14)(H,15,16). The summed E-state index contributed by atoms with van der Waals surface area (Å²) in [5.41, 5.74) is 0. The second-order valence-electron chi connectivity index (χ2n) is 4.28. The quantitative estimate of drug-likeness (QED) is 0.644. The molecule has 0 heterocycles. The van der Waals surface area contributed by atoms with Crippen LogP contribution in [0, 0.1) is 5.92 Å². The number of hydrogen-bond acceptors (Lipinski definition) is 3. The number of amides is 1. The van der Waals surface area contributed by atoms with Crippen LogP contribution in [0.2, 0.25) is 0 Å². The molecule has 0 aliphatic carbocycles. The zero-order chi connectivity index (χ0) is 13.3. The van der Waals surface area contributed by atoms with Gasteiger partial charge in [-0.05, 0) is 26.7 Å². The summed E-state index contributed by atoms with van der Waals surface area (Å²) in [4.78, 5) is 21.9. The first-order valence-electron chi connectivity index (χ1n) is 6.07. The van der Waals surface area contributed by atoms with Crippen LogP contribution in [0.1, 0.15) is 40.0 Å². The van der Waals surface area contributed by atoms with E-state index in [9.17, 15) is 9.59 Å². The van der Waals surface area contributed by atoms with Crippen LogP contribution in [0.5, 0.6) is 0 Å². The highest BCUT2D eigenvalue weighted by molar-refractivity contribution is 5.77. The van der Waals surface area contributed by atoms with Crippen molar-refractivity contribution in [1.29, 1.82) is 0 Å². The first kappa shape index (κ1) is 15.9. The van der Waals surface area contributed by atoms with Crippen LogP contribution in [-0.2, 0) is 14.3 Å². The molecular weight excluding hydrogens is 222 g/mol. The molecule has 0 aliphatic heterocycles. The smallest absolute Gasteiger partial charge is 0.306 e. The van der Waals surface area contributed by atoms with Gasteiger partial charge in [-0.25, -0.2) is 0 Å². The highest BCUT2D eigenvalue weighted by Gasteiger charge is 2.12. The van der Waals surface area contributed by atoms with E-state index in [1.807, 2.05) is 13.8 Å². The fraction of sp³-hybridized carbons (Fsp3) is 0.833. The Morgan fingerprint density at radius 3 is 2.47 bits per heavy atom. The Morgan fingerprint density at radius 1 is 1.29 bits per heavy atom. The Bertz CT molecular complexity index is 243. The van der Waals surface area contributed by atoms with Gasteiger partial charge in [0.15, 0.2) is 0 Å². The van der Waals surface area contributed by atoms with Crippen LogP contribution in [0.3, 0.4) is 0 Å². The molecule has 0 spiro atoms. The molecule has 0 aromatic heterocycles. The van der Waals surface area contributed by atoms with E-state index in [1.165, 1.54) is 0 Å². The van der Waals surface area contributed by atoms with Gasteiger partial charge in [-0.15, -0.1) is 0 Å². The Balaban J connectivity index is 3.62. The zero-order valence-electron chi connectivity index (χ0n) is 10.9. The second-order valence-corrected chi connectivity index (χ2v) is 4.28. The normalized spacial score (nSPS) is 14.1. The van der Waals surface area contributed by atoms with E-state index >= 15 is 0 Å². The molecule has 0 radical (unpaired) electrons. The third kappa shape index (κ3) is 8.68. The Morgan fingerprint density at radius 2 is 1.94 bits per heavy atom. The number of ether oxygens (including phenoxy) is 1. The molecule has 0 saturated heterocycles. The summed E-state index contributed by atoms with van der Waals surface area (Å²) in [6.45, 7) is 6.06. The third-order valence-corrected chi connectivity index (χ3v) is 2.54. The number of carboxylic acids is 1. The van der Waals surface area contributed by atoms with Crippen LogP contribution in [0.15, 0.2) is 0 Å². The first-order chi connectivity index (χ1) is 7.97. The summed E-state index contributed by atoms with van der Waals surface area (Å²) in [7, 11) is 0. The van der Waals surface area contributed by atoms with E-state index in [1.54, 1.807) is 6.92 Å². The minimum atomic E-state index is -0.766. The largest absolute Gasteiger partial charge is 0.481 e. The van der Waals surface area contributed by atoms with Crippen molar-refractivity contribution in [3.63, 3.8) is 0 Å². The Kier molecular flexibility index (Phi) is 8.40. The number of aliphatic carboxylic acids is 1. The average molecular weight is 245 g/mol. The lowest BCUT2D eigenvalue weighted by atomic mass is 10.0. The molecule has 0 rings (SSSR count). The summed E-state index contributed by atoms with van der Waals surface area (Å²) < 4.78 is 4.98. The van der Waals surface area contributed by atoms with Gasteiger partial charge in [0, 0.05) is 12.6 Å². The van der Waals surface area contributed by atoms with E-state index in [-0.39, 0.29) is 24.5 Å². The van der Waals surface area contributed by atoms with Gasteiger partial charge in [-0.3, -0.25) is 9.59 Å². The Labute approximate surface area is 103 Å². The lowest BCUT2D eigenvalue weighted by Gasteiger charge is -2.14. The Hall–Kier alpha value is -1.10. The number of carboxylic acid groups (broad SMARTS) is 1. The summed E-state index contributed by atoms with van der Waals surface area (Å²) >= 11 is 0. The molecule has 0 saturated carbocycles. The van der Waals surface area contributed by atoms with Gasteiger partial charge in [-0.2, -0.15) is 0 Å². The van der Waals surface area contributed by atoms with Gasteiger partial charge in [0.1, 0.15) is 6.61 Å². The monoisotopic (exact) mass is 245 g/mol. The molecule has 17 heavy (non-hydrogen) atoms. The molecule has 0 bridgehead atoms. The molecule has 1 amide bonds. The maximum Gasteiger partial charge on any atom is 0.306 e. The molecule has 2 unspecified atom stereocenters. The van der Waals surface area contributed by atoms with E-state index < -0.39 is 5.97 Å². The van der Waals surface area contributed by atoms with E-state index in [0.29, 0.717) is 13.0 Å². The summed E-state index contributed by atoms with van der Waals surface area (Å²) in [5, 5.41) is 11.5. The zero-order valence-corrected chi connectivity index (χ0v) is 10.9. The van der Waals surface area contributed by atoms with Crippen molar-refractivity contribution in [2.24, 2.45) is 5.92 Å². The third-order valence-electron chi connectivity index (χ3n) is 2.54. The van der Waals surface area contributed by atoms with E-state index in [4.69, 9.17) is 9.84 Å². The lowest BCUT2D eigenvalue weighted by Crippen LogP contribution is -2.35. The molecule has 0 fully saturated rings. The predicted molar refractivity (Wildman–Crippen MR) is 64.7 cm³/mol. The molecule has 0 aliphatic rings. The fourth-order valence-corrected chi connectivity index (χ4v) is 1.44. The van der Waals surface area contributed by atoms with Crippen molar-refractivity contribution in [3.05, 3.63) is 0 Å². The highest BCUT2D eigenvalue weighted by atomic mass is 16.5. The summed E-state index contributed by atoms with van der Waals surface area (Å²) in [6.07, 6.45) is 2.22. The first-order valence-corrected chi connectivity index (χ1v) is 6.07. The number of nitrogens with one attached hydrogen (secondary N) is 1. The van der Waals surface area contributed by atoms with Gasteiger partial charge in [-0.1, -0.05) is 13.3 Å². The maximum absolute atomic E-state index is 11.3. The van der Waals surface area contributed by atoms with Crippen LogP contribution in [-0.4, -0.2) is 36.2 Å². The summed E-state index contributed by atoms with van der Waals surface area (Å²) in [5.74, 6) is -1.20. The van der Waals surface area contributed by atoms with E-state index in [2.05, 4.69) is 5.32 Å². The molecular formula is C12H23NO4. The van der Waals surface area contributed by atoms with Crippen molar-refractivity contribution in [3.8, 4) is 0 Å². The van der Waals surface area contributed by atoms with Gasteiger partial charge in [0.05, 0.1) is 5.92 Å². The maximum atomic E-state index is 11.3. The number of carbonyl (C=O) groups is 2.